The van der Waals surface area contributed by atoms with E-state index in [0.717, 1.165) is 11.4 Å². The second kappa shape index (κ2) is 5.92. The lowest BCUT2D eigenvalue weighted by molar-refractivity contribution is 0.218. The maximum atomic E-state index is 11.6. The van der Waals surface area contributed by atoms with Crippen LogP contribution in [0.1, 0.15) is 32.2 Å². The third kappa shape index (κ3) is 4.66. The molecule has 96 valence electrons. The second-order valence-electron chi connectivity index (χ2n) is 4.29. The highest BCUT2D eigenvalue weighted by Gasteiger charge is 2.20. The minimum absolute atomic E-state index is 0.0338. The molecule has 0 aliphatic rings. The zero-order valence-corrected chi connectivity index (χ0v) is 11.1. The Morgan fingerprint density at radius 3 is 2.71 bits per heavy atom. The summed E-state index contributed by atoms with van der Waals surface area (Å²) in [5.41, 5.74) is -0.447. The average molecular weight is 258 g/mol. The molecule has 2 amide bonds. The predicted octanol–water partition coefficient (Wildman–Crippen LogP) is 1.38. The molecule has 7 heteroatoms. The fourth-order valence-electron chi connectivity index (χ4n) is 1.22. The van der Waals surface area contributed by atoms with Crippen LogP contribution in [-0.4, -0.2) is 33.5 Å². The molecule has 1 aromatic heterocycles. The SMILES string of the molecule is CCc1nnc(NC(=O)NC(C)(C)CCO)s1. The van der Waals surface area contributed by atoms with Crippen molar-refractivity contribution in [1.29, 1.82) is 0 Å². The first-order valence-electron chi connectivity index (χ1n) is 5.49. The number of rotatable bonds is 5. The summed E-state index contributed by atoms with van der Waals surface area (Å²) in [6, 6.07) is -0.331. The van der Waals surface area contributed by atoms with Crippen molar-refractivity contribution in [1.82, 2.24) is 15.5 Å². The zero-order valence-electron chi connectivity index (χ0n) is 10.3. The van der Waals surface area contributed by atoms with Crippen LogP contribution in [0, 0.1) is 0 Å². The number of nitrogens with zero attached hydrogens (tertiary/aromatic N) is 2. The first kappa shape index (κ1) is 13.9. The molecular weight excluding hydrogens is 240 g/mol. The highest BCUT2D eigenvalue weighted by atomic mass is 32.1. The summed E-state index contributed by atoms with van der Waals surface area (Å²) in [5, 5.41) is 23.4. The van der Waals surface area contributed by atoms with Gasteiger partial charge in [-0.05, 0) is 26.7 Å². The second-order valence-corrected chi connectivity index (χ2v) is 5.35. The number of anilines is 1. The van der Waals surface area contributed by atoms with E-state index in [9.17, 15) is 4.79 Å². The van der Waals surface area contributed by atoms with Gasteiger partial charge in [-0.15, -0.1) is 10.2 Å². The Balaban J connectivity index is 2.49. The van der Waals surface area contributed by atoms with Gasteiger partial charge in [0.25, 0.3) is 0 Å². The van der Waals surface area contributed by atoms with E-state index in [1.165, 1.54) is 11.3 Å². The number of amides is 2. The third-order valence-electron chi connectivity index (χ3n) is 2.18. The Bertz CT molecular complexity index is 378. The highest BCUT2D eigenvalue weighted by Crippen LogP contribution is 2.15. The number of aromatic nitrogens is 2. The van der Waals surface area contributed by atoms with Gasteiger partial charge in [0.1, 0.15) is 5.01 Å². The Morgan fingerprint density at radius 2 is 2.18 bits per heavy atom. The topological polar surface area (TPSA) is 87.1 Å². The van der Waals surface area contributed by atoms with Crippen LogP contribution >= 0.6 is 11.3 Å². The molecule has 0 bridgehead atoms. The molecule has 6 nitrogen and oxygen atoms in total. The monoisotopic (exact) mass is 258 g/mol. The molecule has 0 unspecified atom stereocenters. The standard InChI is InChI=1S/C10H18N4O2S/c1-4-7-13-14-9(17-7)11-8(16)12-10(2,3)5-6-15/h15H,4-6H2,1-3H3,(H2,11,12,14,16). The van der Waals surface area contributed by atoms with Crippen LogP contribution in [0.25, 0.3) is 0 Å². The molecule has 1 aromatic rings. The summed E-state index contributed by atoms with van der Waals surface area (Å²) in [6.07, 6.45) is 1.30. The van der Waals surface area contributed by atoms with Crippen molar-refractivity contribution in [2.75, 3.05) is 11.9 Å². The average Bonchev–Trinajstić information content (AvgIpc) is 2.64. The summed E-state index contributed by atoms with van der Waals surface area (Å²) in [5.74, 6) is 0. The summed E-state index contributed by atoms with van der Waals surface area (Å²) in [7, 11) is 0. The van der Waals surface area contributed by atoms with Gasteiger partial charge in [0.05, 0.1) is 0 Å². The lowest BCUT2D eigenvalue weighted by Gasteiger charge is -2.24. The van der Waals surface area contributed by atoms with Gasteiger partial charge >= 0.3 is 6.03 Å². The number of carbonyl (C=O) groups is 1. The van der Waals surface area contributed by atoms with Crippen molar-refractivity contribution in [3.8, 4) is 0 Å². The van der Waals surface area contributed by atoms with E-state index in [4.69, 9.17) is 5.11 Å². The molecule has 0 radical (unpaired) electrons. The number of aliphatic hydroxyl groups is 1. The van der Waals surface area contributed by atoms with Crippen LogP contribution in [-0.2, 0) is 6.42 Å². The van der Waals surface area contributed by atoms with Crippen molar-refractivity contribution in [2.45, 2.75) is 39.2 Å². The Morgan fingerprint density at radius 1 is 1.47 bits per heavy atom. The van der Waals surface area contributed by atoms with Crippen LogP contribution < -0.4 is 10.6 Å². The molecule has 0 fully saturated rings. The minimum Gasteiger partial charge on any atom is -0.396 e. The number of hydrogen-bond donors (Lipinski definition) is 3. The largest absolute Gasteiger partial charge is 0.396 e. The summed E-state index contributed by atoms with van der Waals surface area (Å²) >= 11 is 1.36. The molecule has 0 saturated heterocycles. The smallest absolute Gasteiger partial charge is 0.321 e. The van der Waals surface area contributed by atoms with Gasteiger partial charge in [0, 0.05) is 12.1 Å². The molecule has 0 spiro atoms. The minimum atomic E-state index is -0.447. The Labute approximate surface area is 104 Å². The molecule has 0 aromatic carbocycles. The number of nitrogens with one attached hydrogen (secondary N) is 2. The van der Waals surface area contributed by atoms with Gasteiger partial charge in [-0.3, -0.25) is 5.32 Å². The first-order valence-corrected chi connectivity index (χ1v) is 6.31. The van der Waals surface area contributed by atoms with E-state index in [-0.39, 0.29) is 12.6 Å². The first-order chi connectivity index (χ1) is 7.96. The van der Waals surface area contributed by atoms with Crippen molar-refractivity contribution >= 4 is 22.5 Å². The van der Waals surface area contributed by atoms with E-state index in [0.29, 0.717) is 11.6 Å². The van der Waals surface area contributed by atoms with Gasteiger partial charge in [-0.25, -0.2) is 4.79 Å². The van der Waals surface area contributed by atoms with Gasteiger partial charge in [0.15, 0.2) is 0 Å². The van der Waals surface area contributed by atoms with Gasteiger partial charge in [-0.1, -0.05) is 18.3 Å². The lowest BCUT2D eigenvalue weighted by Crippen LogP contribution is -2.46. The Hall–Kier alpha value is -1.21. The Kier molecular flexibility index (Phi) is 4.83. The van der Waals surface area contributed by atoms with Crippen LogP contribution in [0.4, 0.5) is 9.93 Å². The normalized spacial score (nSPS) is 11.3. The molecule has 1 rings (SSSR count). The van der Waals surface area contributed by atoms with E-state index >= 15 is 0 Å². The quantitative estimate of drug-likeness (QED) is 0.744. The molecule has 0 aliphatic carbocycles. The van der Waals surface area contributed by atoms with Crippen molar-refractivity contribution in [2.24, 2.45) is 0 Å². The maximum absolute atomic E-state index is 11.6. The molecule has 3 N–H and O–H groups in total. The molecule has 0 saturated carbocycles. The maximum Gasteiger partial charge on any atom is 0.321 e. The summed E-state index contributed by atoms with van der Waals surface area (Å²) < 4.78 is 0. The number of hydrogen-bond acceptors (Lipinski definition) is 5. The van der Waals surface area contributed by atoms with Crippen molar-refractivity contribution in [3.63, 3.8) is 0 Å². The molecule has 0 aliphatic heterocycles. The zero-order chi connectivity index (χ0) is 12.9. The van der Waals surface area contributed by atoms with Crippen LogP contribution in [0.5, 0.6) is 0 Å². The van der Waals surface area contributed by atoms with Gasteiger partial charge in [0.2, 0.25) is 5.13 Å². The summed E-state index contributed by atoms with van der Waals surface area (Å²) in [4.78, 5) is 11.6. The van der Waals surface area contributed by atoms with Gasteiger partial charge < -0.3 is 10.4 Å². The van der Waals surface area contributed by atoms with E-state index in [1.54, 1.807) is 0 Å². The number of aliphatic hydroxyl groups excluding tert-OH is 1. The fourth-order valence-corrected chi connectivity index (χ4v) is 1.90. The molecule has 0 atom stereocenters. The van der Waals surface area contributed by atoms with Crippen LogP contribution in [0.2, 0.25) is 0 Å². The lowest BCUT2D eigenvalue weighted by atomic mass is 10.0. The fraction of sp³-hybridized carbons (Fsp3) is 0.700. The van der Waals surface area contributed by atoms with Crippen LogP contribution in [0.3, 0.4) is 0 Å². The number of urea groups is 1. The number of carbonyl (C=O) groups excluding carboxylic acids is 1. The highest BCUT2D eigenvalue weighted by molar-refractivity contribution is 7.15. The molecule has 17 heavy (non-hydrogen) atoms. The van der Waals surface area contributed by atoms with Gasteiger partial charge in [-0.2, -0.15) is 0 Å². The van der Waals surface area contributed by atoms with E-state index in [2.05, 4.69) is 20.8 Å². The summed E-state index contributed by atoms with van der Waals surface area (Å²) in [6.45, 7) is 5.71. The van der Waals surface area contributed by atoms with E-state index in [1.807, 2.05) is 20.8 Å². The predicted molar refractivity (Wildman–Crippen MR) is 67.2 cm³/mol. The van der Waals surface area contributed by atoms with Crippen molar-refractivity contribution < 1.29 is 9.90 Å². The van der Waals surface area contributed by atoms with E-state index < -0.39 is 5.54 Å². The third-order valence-corrected chi connectivity index (χ3v) is 3.16. The van der Waals surface area contributed by atoms with Crippen molar-refractivity contribution in [3.05, 3.63) is 5.01 Å². The molecule has 1 heterocycles. The molecular formula is C10H18N4O2S. The van der Waals surface area contributed by atoms with Crippen LogP contribution in [0.15, 0.2) is 0 Å². The number of aryl methyl sites for hydroxylation is 1.